The second-order valence-electron chi connectivity index (χ2n) is 9.32. The Morgan fingerprint density at radius 2 is 1.70 bits per heavy atom. The molecule has 2 aliphatic rings. The summed E-state index contributed by atoms with van der Waals surface area (Å²) in [6, 6.07) is 14.2. The van der Waals surface area contributed by atoms with Crippen LogP contribution >= 0.6 is 0 Å². The van der Waals surface area contributed by atoms with Crippen LogP contribution in [0.5, 0.6) is 0 Å². The van der Waals surface area contributed by atoms with Gasteiger partial charge in [-0.05, 0) is 49.9 Å². The molecule has 0 radical (unpaired) electrons. The van der Waals surface area contributed by atoms with E-state index in [1.165, 1.54) is 6.33 Å². The number of sulfone groups is 1. The fraction of sp³-hybridized carbons (Fsp3) is 0.346. The summed E-state index contributed by atoms with van der Waals surface area (Å²) < 4.78 is 41.2. The second-order valence-corrected chi connectivity index (χ2v) is 11.2. The van der Waals surface area contributed by atoms with E-state index in [-0.39, 0.29) is 33.4 Å². The van der Waals surface area contributed by atoms with Crippen molar-refractivity contribution in [2.24, 2.45) is 0 Å². The molecule has 2 fully saturated rings. The average molecular weight is 525 g/mol. The van der Waals surface area contributed by atoms with E-state index in [1.54, 1.807) is 54.6 Å². The van der Waals surface area contributed by atoms with Gasteiger partial charge >= 0.3 is 0 Å². The minimum Gasteiger partial charge on any atom is -0.381 e. The first kappa shape index (κ1) is 24.9. The van der Waals surface area contributed by atoms with Gasteiger partial charge in [-0.2, -0.15) is 4.39 Å². The summed E-state index contributed by atoms with van der Waals surface area (Å²) in [6.07, 6.45) is 4.15. The minimum absolute atomic E-state index is 0.0901. The number of para-hydroxylation sites is 1. The Hall–Kier alpha value is -3.73. The summed E-state index contributed by atoms with van der Waals surface area (Å²) >= 11 is 0. The number of amides is 1. The normalized spacial score (nSPS) is 20.6. The van der Waals surface area contributed by atoms with E-state index in [9.17, 15) is 17.6 Å². The number of nitrogens with one attached hydrogen (secondary N) is 1. The summed E-state index contributed by atoms with van der Waals surface area (Å²) in [5.74, 6) is -0.789. The molecule has 3 heterocycles. The van der Waals surface area contributed by atoms with Gasteiger partial charge in [-0.1, -0.05) is 30.3 Å². The van der Waals surface area contributed by atoms with Crippen LogP contribution in [-0.4, -0.2) is 60.9 Å². The molecule has 1 unspecified atom stereocenters. The number of halogens is 1. The number of piperidine rings is 2. The Bertz CT molecular complexity index is 1390. The highest BCUT2D eigenvalue weighted by molar-refractivity contribution is 7.91. The Balaban J connectivity index is 1.35. The second kappa shape index (κ2) is 10.3. The van der Waals surface area contributed by atoms with Crippen LogP contribution in [0.15, 0.2) is 70.7 Å². The zero-order valence-corrected chi connectivity index (χ0v) is 21.1. The number of hydrogen-bond acceptors (Lipinski definition) is 8. The standard InChI is InChI=1S/C26H29FN6O3S/c27-23-24(28)29-17-30-25(23)32-14-6-8-18(16-32)33-15-7-12-21(26(33)34)31-20-11-4-5-13-22(20)37(35,36)19-9-2-1-3-10-19/h1-5,9-11,13,17-18,21,31H,6-8,12,14-16H2,(H2,28,29,30)/t18?,21-/m1/s1. The van der Waals surface area contributed by atoms with Crippen molar-refractivity contribution in [2.45, 2.75) is 47.6 Å². The molecule has 2 saturated heterocycles. The number of carbonyl (C=O) groups is 1. The lowest BCUT2D eigenvalue weighted by atomic mass is 9.97. The van der Waals surface area contributed by atoms with E-state index < -0.39 is 21.7 Å². The minimum atomic E-state index is -3.77. The highest BCUT2D eigenvalue weighted by Crippen LogP contribution is 2.31. The number of anilines is 3. The lowest BCUT2D eigenvalue weighted by Gasteiger charge is -2.43. The van der Waals surface area contributed by atoms with E-state index in [1.807, 2.05) is 9.80 Å². The SMILES string of the molecule is Nc1ncnc(N2CCCC(N3CCC[C@@H](Nc4ccccc4S(=O)(=O)c4ccccc4)C3=O)C2)c1F. The summed E-state index contributed by atoms with van der Waals surface area (Å²) in [5.41, 5.74) is 6.03. The lowest BCUT2D eigenvalue weighted by molar-refractivity contribution is -0.137. The molecule has 37 heavy (non-hydrogen) atoms. The monoisotopic (exact) mass is 524 g/mol. The zero-order chi connectivity index (χ0) is 26.0. The van der Waals surface area contributed by atoms with Crippen molar-refractivity contribution in [1.29, 1.82) is 0 Å². The van der Waals surface area contributed by atoms with Crippen LogP contribution in [0.3, 0.4) is 0 Å². The third kappa shape index (κ3) is 4.95. The molecular weight excluding hydrogens is 495 g/mol. The van der Waals surface area contributed by atoms with Gasteiger partial charge in [-0.15, -0.1) is 0 Å². The summed E-state index contributed by atoms with van der Waals surface area (Å²) in [5, 5.41) is 3.22. The van der Waals surface area contributed by atoms with Gasteiger partial charge in [0.25, 0.3) is 0 Å². The summed E-state index contributed by atoms with van der Waals surface area (Å²) in [7, 11) is -3.77. The van der Waals surface area contributed by atoms with Crippen LogP contribution in [0.1, 0.15) is 25.7 Å². The predicted octanol–water partition coefficient (Wildman–Crippen LogP) is 3.10. The maximum Gasteiger partial charge on any atom is 0.245 e. The highest BCUT2D eigenvalue weighted by atomic mass is 32.2. The van der Waals surface area contributed by atoms with Crippen LogP contribution in [0.2, 0.25) is 0 Å². The molecule has 1 amide bonds. The van der Waals surface area contributed by atoms with Gasteiger partial charge in [0.15, 0.2) is 11.6 Å². The summed E-state index contributed by atoms with van der Waals surface area (Å²) in [6.45, 7) is 1.64. The van der Waals surface area contributed by atoms with Gasteiger partial charge < -0.3 is 20.9 Å². The van der Waals surface area contributed by atoms with Gasteiger partial charge in [0.1, 0.15) is 12.4 Å². The molecule has 1 aromatic heterocycles. The maximum absolute atomic E-state index is 14.6. The van der Waals surface area contributed by atoms with Gasteiger partial charge in [-0.25, -0.2) is 18.4 Å². The Kier molecular flexibility index (Phi) is 6.96. The third-order valence-electron chi connectivity index (χ3n) is 6.97. The first-order valence-electron chi connectivity index (χ1n) is 12.3. The maximum atomic E-state index is 14.6. The largest absolute Gasteiger partial charge is 0.381 e. The summed E-state index contributed by atoms with van der Waals surface area (Å²) in [4.78, 5) is 25.4. The van der Waals surface area contributed by atoms with E-state index >= 15 is 0 Å². The number of nitrogens with zero attached hydrogens (tertiary/aromatic N) is 4. The van der Waals surface area contributed by atoms with Crippen molar-refractivity contribution in [3.05, 3.63) is 66.7 Å². The predicted molar refractivity (Wildman–Crippen MR) is 138 cm³/mol. The quantitative estimate of drug-likeness (QED) is 0.505. The Morgan fingerprint density at radius 1 is 0.973 bits per heavy atom. The zero-order valence-electron chi connectivity index (χ0n) is 20.3. The fourth-order valence-corrected chi connectivity index (χ4v) is 6.57. The molecular formula is C26H29FN6O3S. The number of carbonyl (C=O) groups excluding carboxylic acids is 1. The fourth-order valence-electron chi connectivity index (χ4n) is 5.13. The molecule has 3 aromatic rings. The molecule has 194 valence electrons. The van der Waals surface area contributed by atoms with Crippen molar-refractivity contribution >= 4 is 33.1 Å². The highest BCUT2D eigenvalue weighted by Gasteiger charge is 2.36. The number of benzene rings is 2. The van der Waals surface area contributed by atoms with E-state index in [2.05, 4.69) is 15.3 Å². The number of hydrogen-bond donors (Lipinski definition) is 2. The Morgan fingerprint density at radius 3 is 2.51 bits per heavy atom. The molecule has 0 bridgehead atoms. The van der Waals surface area contributed by atoms with Crippen molar-refractivity contribution < 1.29 is 17.6 Å². The molecule has 0 saturated carbocycles. The van der Waals surface area contributed by atoms with Crippen molar-refractivity contribution in [1.82, 2.24) is 14.9 Å². The average Bonchev–Trinajstić information content (AvgIpc) is 2.92. The molecule has 2 aromatic carbocycles. The van der Waals surface area contributed by atoms with Crippen LogP contribution in [-0.2, 0) is 14.6 Å². The molecule has 0 spiro atoms. The third-order valence-corrected chi connectivity index (χ3v) is 8.80. The van der Waals surface area contributed by atoms with E-state index in [0.29, 0.717) is 31.7 Å². The van der Waals surface area contributed by atoms with Gasteiger partial charge in [0.2, 0.25) is 21.6 Å². The first-order valence-corrected chi connectivity index (χ1v) is 13.8. The molecule has 2 atom stereocenters. The number of aromatic nitrogens is 2. The van der Waals surface area contributed by atoms with E-state index in [0.717, 1.165) is 19.3 Å². The number of nitrogen functional groups attached to an aromatic ring is 1. The van der Waals surface area contributed by atoms with Crippen LogP contribution < -0.4 is 16.0 Å². The molecule has 11 heteroatoms. The van der Waals surface area contributed by atoms with Crippen molar-refractivity contribution in [3.63, 3.8) is 0 Å². The topological polar surface area (TPSA) is 122 Å². The molecule has 9 nitrogen and oxygen atoms in total. The number of nitrogens with two attached hydrogens (primary N) is 1. The molecule has 3 N–H and O–H groups in total. The van der Waals surface area contributed by atoms with Crippen LogP contribution in [0.25, 0.3) is 0 Å². The number of rotatable bonds is 6. The molecule has 2 aliphatic heterocycles. The molecule has 5 rings (SSSR count). The van der Waals surface area contributed by atoms with Crippen molar-refractivity contribution in [3.8, 4) is 0 Å². The van der Waals surface area contributed by atoms with Crippen LogP contribution in [0, 0.1) is 5.82 Å². The molecule has 0 aliphatic carbocycles. The lowest BCUT2D eigenvalue weighted by Crippen LogP contribution is -2.56. The van der Waals surface area contributed by atoms with Gasteiger partial charge in [-0.3, -0.25) is 4.79 Å². The Labute approximate surface area is 215 Å². The van der Waals surface area contributed by atoms with Gasteiger partial charge in [0.05, 0.1) is 15.5 Å². The van der Waals surface area contributed by atoms with Crippen LogP contribution in [0.4, 0.5) is 21.7 Å². The number of likely N-dealkylation sites (tertiary alicyclic amines) is 1. The van der Waals surface area contributed by atoms with E-state index in [4.69, 9.17) is 5.73 Å². The first-order chi connectivity index (χ1) is 17.9. The van der Waals surface area contributed by atoms with Gasteiger partial charge in [0, 0.05) is 25.7 Å². The smallest absolute Gasteiger partial charge is 0.245 e. The van der Waals surface area contributed by atoms with Crippen molar-refractivity contribution in [2.75, 3.05) is 35.6 Å².